The molecule has 19 heavy (non-hydrogen) atoms. The van der Waals surface area contributed by atoms with E-state index in [1.54, 1.807) is 7.11 Å². The average molecular weight is 279 g/mol. The number of hydrogen-bond acceptors (Lipinski definition) is 3. The second-order valence-corrected chi connectivity index (χ2v) is 4.82. The van der Waals surface area contributed by atoms with Crippen molar-refractivity contribution in [2.24, 2.45) is 0 Å². The Hall–Kier alpha value is -1.48. The van der Waals surface area contributed by atoms with Crippen molar-refractivity contribution in [2.45, 2.75) is 27.2 Å². The molecule has 1 aromatic carbocycles. The lowest BCUT2D eigenvalue weighted by Gasteiger charge is -2.17. The molecule has 0 aliphatic rings. The maximum absolute atomic E-state index is 6.29. The summed E-state index contributed by atoms with van der Waals surface area (Å²) in [6.45, 7) is 7.11. The van der Waals surface area contributed by atoms with Crippen LogP contribution in [0.3, 0.4) is 0 Å². The Bertz CT molecular complexity index is 611. The van der Waals surface area contributed by atoms with Crippen LogP contribution in [0.2, 0.25) is 5.02 Å². The Morgan fingerprint density at radius 3 is 2.63 bits per heavy atom. The molecule has 0 spiro atoms. The summed E-state index contributed by atoms with van der Waals surface area (Å²) in [5, 5.41) is 5.04. The van der Waals surface area contributed by atoms with Crippen molar-refractivity contribution in [3.63, 3.8) is 0 Å². The summed E-state index contributed by atoms with van der Waals surface area (Å²) in [6.07, 6.45) is 0.883. The van der Waals surface area contributed by atoms with E-state index in [1.165, 1.54) is 0 Å². The summed E-state index contributed by atoms with van der Waals surface area (Å²) in [4.78, 5) is 4.69. The summed E-state index contributed by atoms with van der Waals surface area (Å²) in [6, 6.07) is 3.72. The molecule has 1 aromatic heterocycles. The molecule has 0 unspecified atom stereocenters. The standard InChI is InChI=1S/C15H19ClN2O/c1-5-11-9(3)14(17-6-2)13-12(19-4)8-7-10(16)15(13)18-11/h7-8H,5-6H2,1-4H3,(H,17,18). The van der Waals surface area contributed by atoms with Crippen LogP contribution in [-0.4, -0.2) is 18.6 Å². The van der Waals surface area contributed by atoms with Crippen LogP contribution in [-0.2, 0) is 6.42 Å². The third-order valence-corrected chi connectivity index (χ3v) is 3.61. The maximum Gasteiger partial charge on any atom is 0.130 e. The monoisotopic (exact) mass is 278 g/mol. The third kappa shape index (κ3) is 2.35. The first kappa shape index (κ1) is 13.9. The summed E-state index contributed by atoms with van der Waals surface area (Å²) in [5.74, 6) is 0.800. The van der Waals surface area contributed by atoms with Crippen LogP contribution in [0, 0.1) is 6.92 Å². The van der Waals surface area contributed by atoms with Gasteiger partial charge in [-0.2, -0.15) is 0 Å². The quantitative estimate of drug-likeness (QED) is 0.910. The summed E-state index contributed by atoms with van der Waals surface area (Å²) in [7, 11) is 1.67. The number of benzene rings is 1. The Morgan fingerprint density at radius 1 is 1.32 bits per heavy atom. The molecular weight excluding hydrogens is 260 g/mol. The highest BCUT2D eigenvalue weighted by atomic mass is 35.5. The Morgan fingerprint density at radius 2 is 2.05 bits per heavy atom. The van der Waals surface area contributed by atoms with Crippen molar-refractivity contribution in [1.29, 1.82) is 0 Å². The Labute approximate surface area is 118 Å². The summed E-state index contributed by atoms with van der Waals surface area (Å²) < 4.78 is 5.46. The molecule has 0 amide bonds. The van der Waals surface area contributed by atoms with Crippen LogP contribution in [0.4, 0.5) is 5.69 Å². The van der Waals surface area contributed by atoms with Crippen molar-refractivity contribution < 1.29 is 4.74 Å². The fourth-order valence-electron chi connectivity index (χ4n) is 2.36. The van der Waals surface area contributed by atoms with Crippen molar-refractivity contribution in [3.05, 3.63) is 28.4 Å². The molecule has 0 bridgehead atoms. The van der Waals surface area contributed by atoms with E-state index in [1.807, 2.05) is 12.1 Å². The number of rotatable bonds is 4. The van der Waals surface area contributed by atoms with Crippen LogP contribution in [0.15, 0.2) is 12.1 Å². The first-order valence-corrected chi connectivity index (χ1v) is 6.91. The van der Waals surface area contributed by atoms with E-state index in [2.05, 4.69) is 26.1 Å². The molecule has 102 valence electrons. The van der Waals surface area contributed by atoms with Gasteiger partial charge in [-0.05, 0) is 38.0 Å². The van der Waals surface area contributed by atoms with E-state index in [4.69, 9.17) is 21.3 Å². The molecule has 0 fully saturated rings. The summed E-state index contributed by atoms with van der Waals surface area (Å²) in [5.41, 5.74) is 4.11. The molecule has 1 heterocycles. The molecule has 2 rings (SSSR count). The van der Waals surface area contributed by atoms with Gasteiger partial charge in [0.05, 0.1) is 28.7 Å². The zero-order valence-corrected chi connectivity index (χ0v) is 12.6. The van der Waals surface area contributed by atoms with Crippen molar-refractivity contribution >= 4 is 28.2 Å². The molecule has 0 aliphatic heterocycles. The van der Waals surface area contributed by atoms with Crippen LogP contribution in [0.5, 0.6) is 5.75 Å². The number of aromatic nitrogens is 1. The fraction of sp³-hybridized carbons (Fsp3) is 0.400. The summed E-state index contributed by atoms with van der Waals surface area (Å²) >= 11 is 6.29. The number of nitrogens with one attached hydrogen (secondary N) is 1. The van der Waals surface area contributed by atoms with Gasteiger partial charge >= 0.3 is 0 Å². The molecule has 0 atom stereocenters. The smallest absolute Gasteiger partial charge is 0.130 e. The lowest BCUT2D eigenvalue weighted by molar-refractivity contribution is 0.420. The highest BCUT2D eigenvalue weighted by Gasteiger charge is 2.16. The Kier molecular flexibility index (Phi) is 4.15. The molecule has 3 nitrogen and oxygen atoms in total. The van der Waals surface area contributed by atoms with Crippen molar-refractivity contribution in [1.82, 2.24) is 4.98 Å². The Balaban J connectivity index is 2.90. The largest absolute Gasteiger partial charge is 0.496 e. The predicted molar refractivity (Wildman–Crippen MR) is 81.6 cm³/mol. The lowest BCUT2D eigenvalue weighted by atomic mass is 10.0. The van der Waals surface area contributed by atoms with Gasteiger partial charge in [0.25, 0.3) is 0 Å². The minimum absolute atomic E-state index is 0.657. The van der Waals surface area contributed by atoms with E-state index in [0.29, 0.717) is 5.02 Å². The second kappa shape index (κ2) is 5.66. The number of hydrogen-bond donors (Lipinski definition) is 1. The molecule has 0 saturated carbocycles. The third-order valence-electron chi connectivity index (χ3n) is 3.30. The van der Waals surface area contributed by atoms with E-state index < -0.39 is 0 Å². The highest BCUT2D eigenvalue weighted by molar-refractivity contribution is 6.35. The molecule has 1 N–H and O–H groups in total. The predicted octanol–water partition coefficient (Wildman–Crippen LogP) is 4.20. The molecule has 0 radical (unpaired) electrons. The first-order valence-electron chi connectivity index (χ1n) is 6.53. The van der Waals surface area contributed by atoms with E-state index in [-0.39, 0.29) is 0 Å². The average Bonchev–Trinajstić information content (AvgIpc) is 2.42. The van der Waals surface area contributed by atoms with Gasteiger partial charge in [-0.25, -0.2) is 0 Å². The number of ether oxygens (including phenoxy) is 1. The van der Waals surface area contributed by atoms with Gasteiger partial charge in [0, 0.05) is 12.2 Å². The molecule has 2 aromatic rings. The van der Waals surface area contributed by atoms with Gasteiger partial charge in [0.1, 0.15) is 5.75 Å². The van der Waals surface area contributed by atoms with Gasteiger partial charge in [0.15, 0.2) is 0 Å². The van der Waals surface area contributed by atoms with Gasteiger partial charge in [-0.3, -0.25) is 4.98 Å². The zero-order chi connectivity index (χ0) is 14.0. The molecule has 4 heteroatoms. The number of pyridine rings is 1. The maximum atomic E-state index is 6.29. The first-order chi connectivity index (χ1) is 9.13. The van der Waals surface area contributed by atoms with E-state index in [9.17, 15) is 0 Å². The normalized spacial score (nSPS) is 10.8. The number of aryl methyl sites for hydroxylation is 1. The minimum atomic E-state index is 0.657. The number of halogens is 1. The van der Waals surface area contributed by atoms with Crippen LogP contribution in [0.1, 0.15) is 25.1 Å². The number of nitrogens with zero attached hydrogens (tertiary/aromatic N) is 1. The van der Waals surface area contributed by atoms with Gasteiger partial charge in [-0.15, -0.1) is 0 Å². The number of fused-ring (bicyclic) bond motifs is 1. The fourth-order valence-corrected chi connectivity index (χ4v) is 2.56. The van der Waals surface area contributed by atoms with E-state index in [0.717, 1.165) is 46.6 Å². The molecule has 0 aliphatic carbocycles. The van der Waals surface area contributed by atoms with E-state index >= 15 is 0 Å². The van der Waals surface area contributed by atoms with Crippen molar-refractivity contribution in [3.8, 4) is 5.75 Å². The SMILES string of the molecule is CCNc1c(C)c(CC)nc2c(Cl)ccc(OC)c12. The molecular formula is C15H19ClN2O. The van der Waals surface area contributed by atoms with Crippen molar-refractivity contribution in [2.75, 3.05) is 19.0 Å². The highest BCUT2D eigenvalue weighted by Crippen LogP contribution is 2.38. The zero-order valence-electron chi connectivity index (χ0n) is 11.8. The second-order valence-electron chi connectivity index (χ2n) is 4.42. The minimum Gasteiger partial charge on any atom is -0.496 e. The van der Waals surface area contributed by atoms with Gasteiger partial charge in [-0.1, -0.05) is 18.5 Å². The number of methoxy groups -OCH3 is 1. The van der Waals surface area contributed by atoms with Gasteiger partial charge < -0.3 is 10.1 Å². The van der Waals surface area contributed by atoms with Crippen LogP contribution in [0.25, 0.3) is 10.9 Å². The number of anilines is 1. The van der Waals surface area contributed by atoms with Gasteiger partial charge in [0.2, 0.25) is 0 Å². The van der Waals surface area contributed by atoms with Crippen LogP contribution >= 0.6 is 11.6 Å². The topological polar surface area (TPSA) is 34.2 Å². The lowest BCUT2D eigenvalue weighted by Crippen LogP contribution is -2.05. The molecule has 0 saturated heterocycles. The van der Waals surface area contributed by atoms with Crippen LogP contribution < -0.4 is 10.1 Å².